The molecular weight excluding hydrogens is 218 g/mol. The van der Waals surface area contributed by atoms with Gasteiger partial charge in [0, 0.05) is 13.0 Å². The lowest BCUT2D eigenvalue weighted by Crippen LogP contribution is -1.80. The Morgan fingerprint density at radius 2 is 2.12 bits per heavy atom. The van der Waals surface area contributed by atoms with Gasteiger partial charge in [-0.05, 0) is 18.6 Å². The topological polar surface area (TPSA) is 33.1 Å². The fourth-order valence-corrected chi connectivity index (χ4v) is 2.30. The fraction of sp³-hybridized carbons (Fsp3) is 0.308. The Morgan fingerprint density at radius 3 is 2.94 bits per heavy atom. The third-order valence-electron chi connectivity index (χ3n) is 2.16. The summed E-state index contributed by atoms with van der Waals surface area (Å²) >= 11 is 1.70. The van der Waals surface area contributed by atoms with Crippen LogP contribution in [0.5, 0.6) is 0 Å². The number of unbranched alkanes of at least 4 members (excludes halogenated alkanes) is 1. The predicted molar refractivity (Wildman–Crippen MR) is 67.4 cm³/mol. The smallest absolute Gasteiger partial charge is 0.106 e. The molecule has 1 aromatic heterocycles. The predicted octanol–water partition coefficient (Wildman–Crippen LogP) is 2.61. The molecule has 0 saturated carbocycles. The molecule has 0 aliphatic heterocycles. The molecule has 16 heavy (non-hydrogen) atoms. The normalized spacial score (nSPS) is 10.1. The molecule has 1 aromatic carbocycles. The lowest BCUT2D eigenvalue weighted by Gasteiger charge is -1.84. The maximum absolute atomic E-state index is 8.60. The first-order valence-electron chi connectivity index (χ1n) is 5.31. The molecule has 2 aromatic rings. The standard InChI is InChI=1S/C13H13NOS/c15-10-6-2-1-3-9-13-14-11-7-4-5-8-12(11)16-13/h4-5,7-8,15H,2,6,9-10H2. The Labute approximate surface area is 99.0 Å². The molecule has 0 aliphatic carbocycles. The van der Waals surface area contributed by atoms with Crippen LogP contribution in [-0.2, 0) is 6.42 Å². The van der Waals surface area contributed by atoms with Crippen LogP contribution in [0.2, 0.25) is 0 Å². The first-order valence-corrected chi connectivity index (χ1v) is 6.13. The minimum absolute atomic E-state index is 0.218. The van der Waals surface area contributed by atoms with Crippen molar-refractivity contribution < 1.29 is 5.11 Å². The summed E-state index contributed by atoms with van der Waals surface area (Å²) in [6, 6.07) is 8.13. The molecule has 1 N–H and O–H groups in total. The van der Waals surface area contributed by atoms with Gasteiger partial charge in [0.05, 0.1) is 16.6 Å². The van der Waals surface area contributed by atoms with Crippen molar-refractivity contribution >= 4 is 21.6 Å². The highest BCUT2D eigenvalue weighted by Gasteiger charge is 2.00. The lowest BCUT2D eigenvalue weighted by molar-refractivity contribution is 0.290. The summed E-state index contributed by atoms with van der Waals surface area (Å²) in [6.45, 7) is 0.218. The molecule has 1 heterocycles. The Bertz CT molecular complexity index is 488. The summed E-state index contributed by atoms with van der Waals surface area (Å²) in [7, 11) is 0. The molecule has 0 unspecified atom stereocenters. The molecule has 0 fully saturated rings. The molecule has 0 radical (unpaired) electrons. The van der Waals surface area contributed by atoms with E-state index in [9.17, 15) is 0 Å². The molecule has 0 atom stereocenters. The number of hydrogen-bond acceptors (Lipinski definition) is 3. The second kappa shape index (κ2) is 5.64. The van der Waals surface area contributed by atoms with Crippen LogP contribution in [0.25, 0.3) is 10.2 Å². The van der Waals surface area contributed by atoms with Gasteiger partial charge in [-0.15, -0.1) is 17.3 Å². The van der Waals surface area contributed by atoms with E-state index in [1.54, 1.807) is 11.3 Å². The Kier molecular flexibility index (Phi) is 3.92. The van der Waals surface area contributed by atoms with Crippen LogP contribution in [0, 0.1) is 11.8 Å². The van der Waals surface area contributed by atoms with Crippen LogP contribution in [0.3, 0.4) is 0 Å². The SMILES string of the molecule is OCCCC#CCc1nc2ccccc2s1. The lowest BCUT2D eigenvalue weighted by atomic mass is 10.3. The van der Waals surface area contributed by atoms with E-state index >= 15 is 0 Å². The Morgan fingerprint density at radius 1 is 1.25 bits per heavy atom. The van der Waals surface area contributed by atoms with Crippen LogP contribution >= 0.6 is 11.3 Å². The second-order valence-electron chi connectivity index (χ2n) is 3.43. The van der Waals surface area contributed by atoms with Gasteiger partial charge < -0.3 is 5.11 Å². The summed E-state index contributed by atoms with van der Waals surface area (Å²) < 4.78 is 1.22. The van der Waals surface area contributed by atoms with Gasteiger partial charge in [-0.1, -0.05) is 18.1 Å². The zero-order valence-electron chi connectivity index (χ0n) is 8.94. The van der Waals surface area contributed by atoms with E-state index in [2.05, 4.69) is 22.9 Å². The number of rotatable bonds is 3. The van der Waals surface area contributed by atoms with Crippen molar-refractivity contribution in [3.8, 4) is 11.8 Å². The van der Waals surface area contributed by atoms with Gasteiger partial charge in [0.15, 0.2) is 0 Å². The molecule has 0 bridgehead atoms. The molecular formula is C13H13NOS. The van der Waals surface area contributed by atoms with Gasteiger partial charge in [0.1, 0.15) is 5.01 Å². The molecule has 3 heteroatoms. The zero-order chi connectivity index (χ0) is 11.2. The molecule has 0 amide bonds. The quantitative estimate of drug-likeness (QED) is 0.650. The van der Waals surface area contributed by atoms with Gasteiger partial charge in [-0.3, -0.25) is 0 Å². The zero-order valence-corrected chi connectivity index (χ0v) is 9.76. The number of thiazole rings is 1. The van der Waals surface area contributed by atoms with Crippen molar-refractivity contribution in [1.29, 1.82) is 0 Å². The number of aliphatic hydroxyl groups is 1. The van der Waals surface area contributed by atoms with E-state index in [4.69, 9.17) is 5.11 Å². The Hall–Kier alpha value is -1.37. The van der Waals surface area contributed by atoms with Crippen molar-refractivity contribution in [2.45, 2.75) is 19.3 Å². The fourth-order valence-electron chi connectivity index (χ4n) is 1.39. The molecule has 0 spiro atoms. The maximum Gasteiger partial charge on any atom is 0.106 e. The van der Waals surface area contributed by atoms with Gasteiger partial charge in [-0.2, -0.15) is 0 Å². The van der Waals surface area contributed by atoms with Crippen LogP contribution < -0.4 is 0 Å². The van der Waals surface area contributed by atoms with Crippen LogP contribution in [-0.4, -0.2) is 16.7 Å². The highest BCUT2D eigenvalue weighted by Crippen LogP contribution is 2.21. The largest absolute Gasteiger partial charge is 0.396 e. The summed E-state index contributed by atoms with van der Waals surface area (Å²) in [6.07, 6.45) is 2.24. The minimum atomic E-state index is 0.218. The van der Waals surface area contributed by atoms with Crippen molar-refractivity contribution in [2.75, 3.05) is 6.61 Å². The van der Waals surface area contributed by atoms with E-state index in [0.29, 0.717) is 6.42 Å². The number of hydrogen-bond donors (Lipinski definition) is 1. The molecule has 2 nitrogen and oxygen atoms in total. The van der Waals surface area contributed by atoms with E-state index in [0.717, 1.165) is 23.4 Å². The minimum Gasteiger partial charge on any atom is -0.396 e. The first-order chi connectivity index (χ1) is 7.90. The molecule has 2 rings (SSSR count). The third-order valence-corrected chi connectivity index (χ3v) is 3.20. The van der Waals surface area contributed by atoms with Crippen molar-refractivity contribution in [2.24, 2.45) is 0 Å². The Balaban J connectivity index is 2.01. The van der Waals surface area contributed by atoms with Crippen molar-refractivity contribution in [3.05, 3.63) is 29.3 Å². The van der Waals surface area contributed by atoms with Gasteiger partial charge in [-0.25, -0.2) is 4.98 Å². The monoisotopic (exact) mass is 231 g/mol. The van der Waals surface area contributed by atoms with Gasteiger partial charge in [0.2, 0.25) is 0 Å². The van der Waals surface area contributed by atoms with Gasteiger partial charge in [0.25, 0.3) is 0 Å². The van der Waals surface area contributed by atoms with E-state index < -0.39 is 0 Å². The number of aliphatic hydroxyl groups excluding tert-OH is 1. The van der Waals surface area contributed by atoms with Crippen LogP contribution in [0.15, 0.2) is 24.3 Å². The molecule has 0 saturated heterocycles. The van der Waals surface area contributed by atoms with E-state index in [-0.39, 0.29) is 6.61 Å². The number of para-hydroxylation sites is 1. The number of aromatic nitrogens is 1. The highest BCUT2D eigenvalue weighted by molar-refractivity contribution is 7.18. The number of benzene rings is 1. The third kappa shape index (κ3) is 2.82. The summed E-state index contributed by atoms with van der Waals surface area (Å²) in [5, 5.41) is 9.67. The molecule has 82 valence electrons. The number of nitrogens with zero attached hydrogens (tertiary/aromatic N) is 1. The average Bonchev–Trinajstić information content (AvgIpc) is 2.71. The first kappa shape index (κ1) is 11.1. The summed E-state index contributed by atoms with van der Waals surface area (Å²) in [5.74, 6) is 6.12. The summed E-state index contributed by atoms with van der Waals surface area (Å²) in [5.41, 5.74) is 1.06. The van der Waals surface area contributed by atoms with E-state index in [1.165, 1.54) is 4.70 Å². The maximum atomic E-state index is 8.60. The van der Waals surface area contributed by atoms with Gasteiger partial charge >= 0.3 is 0 Å². The summed E-state index contributed by atoms with van der Waals surface area (Å²) in [4.78, 5) is 4.50. The second-order valence-corrected chi connectivity index (χ2v) is 4.55. The average molecular weight is 231 g/mol. The van der Waals surface area contributed by atoms with E-state index in [1.807, 2.05) is 18.2 Å². The number of fused-ring (bicyclic) bond motifs is 1. The highest BCUT2D eigenvalue weighted by atomic mass is 32.1. The molecule has 0 aliphatic rings. The van der Waals surface area contributed by atoms with Crippen LogP contribution in [0.4, 0.5) is 0 Å². The van der Waals surface area contributed by atoms with Crippen molar-refractivity contribution in [3.63, 3.8) is 0 Å². The van der Waals surface area contributed by atoms with Crippen LogP contribution in [0.1, 0.15) is 17.8 Å². The van der Waals surface area contributed by atoms with Crippen molar-refractivity contribution in [1.82, 2.24) is 4.98 Å².